The van der Waals surface area contributed by atoms with Gasteiger partial charge in [-0.2, -0.15) is 0 Å². The van der Waals surface area contributed by atoms with Crippen molar-refractivity contribution >= 4 is 5.91 Å². The van der Waals surface area contributed by atoms with Crippen molar-refractivity contribution in [3.05, 3.63) is 94.5 Å². The van der Waals surface area contributed by atoms with Crippen molar-refractivity contribution in [1.29, 1.82) is 0 Å². The zero-order chi connectivity index (χ0) is 21.5. The number of ether oxygens (including phenoxy) is 2. The lowest BCUT2D eigenvalue weighted by molar-refractivity contribution is 0.0785. The van der Waals surface area contributed by atoms with Crippen LogP contribution in [0.4, 0.5) is 0 Å². The Morgan fingerprint density at radius 1 is 0.900 bits per heavy atom. The molecule has 3 rings (SSSR count). The molecule has 0 aromatic heterocycles. The summed E-state index contributed by atoms with van der Waals surface area (Å²) in [6, 6.07) is 21.5. The van der Waals surface area contributed by atoms with Gasteiger partial charge in [0, 0.05) is 24.7 Å². The molecule has 0 saturated carbocycles. The molecule has 156 valence electrons. The molecular weight excluding hydrogens is 374 g/mol. The Morgan fingerprint density at radius 2 is 1.67 bits per heavy atom. The maximum absolute atomic E-state index is 13.0. The predicted molar refractivity (Wildman–Crippen MR) is 120 cm³/mol. The second-order valence-electron chi connectivity index (χ2n) is 7.44. The first-order valence-corrected chi connectivity index (χ1v) is 10.2. The van der Waals surface area contributed by atoms with Crippen LogP contribution >= 0.6 is 0 Å². The molecule has 0 N–H and O–H groups in total. The Hall–Kier alpha value is -3.27. The highest BCUT2D eigenvalue weighted by molar-refractivity contribution is 5.94. The third-order valence-electron chi connectivity index (χ3n) is 5.09. The number of hydrogen-bond acceptors (Lipinski definition) is 3. The molecule has 3 aromatic carbocycles. The lowest BCUT2D eigenvalue weighted by Gasteiger charge is -2.19. The molecule has 0 heterocycles. The molecule has 0 radical (unpaired) electrons. The van der Waals surface area contributed by atoms with E-state index in [2.05, 4.69) is 13.8 Å². The third-order valence-corrected chi connectivity index (χ3v) is 5.09. The summed E-state index contributed by atoms with van der Waals surface area (Å²) in [5.74, 6) is 1.51. The molecule has 4 heteroatoms. The van der Waals surface area contributed by atoms with E-state index >= 15 is 0 Å². The number of benzene rings is 3. The molecule has 4 nitrogen and oxygen atoms in total. The van der Waals surface area contributed by atoms with Crippen molar-refractivity contribution in [3.63, 3.8) is 0 Å². The van der Waals surface area contributed by atoms with Crippen LogP contribution in [0, 0.1) is 13.8 Å². The molecular formula is C26H29NO3. The highest BCUT2D eigenvalue weighted by Crippen LogP contribution is 2.24. The van der Waals surface area contributed by atoms with Crippen molar-refractivity contribution in [2.75, 3.05) is 13.7 Å². The molecule has 0 spiro atoms. The first-order valence-electron chi connectivity index (χ1n) is 10.2. The Morgan fingerprint density at radius 3 is 2.37 bits per heavy atom. The molecule has 0 aliphatic carbocycles. The van der Waals surface area contributed by atoms with E-state index in [0.29, 0.717) is 25.3 Å². The topological polar surface area (TPSA) is 38.8 Å². The molecule has 0 saturated heterocycles. The quantitative estimate of drug-likeness (QED) is 0.495. The maximum Gasteiger partial charge on any atom is 0.253 e. The smallest absolute Gasteiger partial charge is 0.253 e. The van der Waals surface area contributed by atoms with Crippen molar-refractivity contribution in [2.24, 2.45) is 0 Å². The van der Waals surface area contributed by atoms with Crippen LogP contribution < -0.4 is 9.47 Å². The largest absolute Gasteiger partial charge is 0.493 e. The number of nitrogens with zero attached hydrogens (tertiary/aromatic N) is 1. The van der Waals surface area contributed by atoms with Gasteiger partial charge in [0.15, 0.2) is 0 Å². The number of carbonyl (C=O) groups is 1. The second-order valence-corrected chi connectivity index (χ2v) is 7.44. The molecule has 1 amide bonds. The van der Waals surface area contributed by atoms with E-state index < -0.39 is 0 Å². The van der Waals surface area contributed by atoms with Gasteiger partial charge in [-0.1, -0.05) is 36.4 Å². The molecule has 0 atom stereocenters. The Kier molecular flexibility index (Phi) is 7.12. The van der Waals surface area contributed by atoms with Crippen LogP contribution in [0.1, 0.15) is 39.5 Å². The molecule has 0 unspecified atom stereocenters. The summed E-state index contributed by atoms with van der Waals surface area (Å²) in [5, 5.41) is 0. The summed E-state index contributed by atoms with van der Waals surface area (Å²) in [5.41, 5.74) is 4.98. The number of carbonyl (C=O) groups excluding carboxylic acids is 1. The fourth-order valence-electron chi connectivity index (χ4n) is 3.24. The van der Waals surface area contributed by atoms with Gasteiger partial charge >= 0.3 is 0 Å². The average molecular weight is 404 g/mol. The summed E-state index contributed by atoms with van der Waals surface area (Å²) >= 11 is 0. The van der Waals surface area contributed by atoms with Gasteiger partial charge in [-0.25, -0.2) is 0 Å². The van der Waals surface area contributed by atoms with Gasteiger partial charge in [-0.15, -0.1) is 0 Å². The number of hydrogen-bond donors (Lipinski definition) is 0. The van der Waals surface area contributed by atoms with E-state index in [1.54, 1.807) is 4.90 Å². The standard InChI is InChI=1S/C26H29NO3/c1-5-29-25-14-12-22(26(28)27(4)17-21-9-7-6-8-10-21)16-23(25)18-30-24-13-11-19(2)20(3)15-24/h6-16H,5,17-18H2,1-4H3. The van der Waals surface area contributed by atoms with Gasteiger partial charge in [0.25, 0.3) is 5.91 Å². The Bertz CT molecular complexity index is 998. The van der Waals surface area contributed by atoms with Crippen LogP contribution in [-0.4, -0.2) is 24.5 Å². The van der Waals surface area contributed by atoms with Crippen LogP contribution in [0.5, 0.6) is 11.5 Å². The summed E-state index contributed by atoms with van der Waals surface area (Å²) in [6.07, 6.45) is 0. The summed E-state index contributed by atoms with van der Waals surface area (Å²) < 4.78 is 11.8. The van der Waals surface area contributed by atoms with E-state index in [1.807, 2.05) is 80.7 Å². The van der Waals surface area contributed by atoms with Crippen molar-refractivity contribution < 1.29 is 14.3 Å². The van der Waals surface area contributed by atoms with Crippen LogP contribution in [0.3, 0.4) is 0 Å². The lowest BCUT2D eigenvalue weighted by atomic mass is 10.1. The van der Waals surface area contributed by atoms with E-state index in [4.69, 9.17) is 9.47 Å². The molecule has 30 heavy (non-hydrogen) atoms. The third kappa shape index (κ3) is 5.41. The van der Waals surface area contributed by atoms with Crippen molar-refractivity contribution in [3.8, 4) is 11.5 Å². The van der Waals surface area contributed by atoms with E-state index in [0.717, 1.165) is 22.6 Å². The highest BCUT2D eigenvalue weighted by atomic mass is 16.5. The Balaban J connectivity index is 1.77. The molecule has 0 aliphatic heterocycles. The number of aryl methyl sites for hydroxylation is 2. The SMILES string of the molecule is CCOc1ccc(C(=O)N(C)Cc2ccccc2)cc1COc1ccc(C)c(C)c1. The van der Waals surface area contributed by atoms with Crippen LogP contribution in [0.15, 0.2) is 66.7 Å². The number of amides is 1. The minimum absolute atomic E-state index is 0.0330. The van der Waals surface area contributed by atoms with Gasteiger partial charge in [0.1, 0.15) is 18.1 Å². The first kappa shape index (κ1) is 21.4. The van der Waals surface area contributed by atoms with E-state index in [-0.39, 0.29) is 5.91 Å². The van der Waals surface area contributed by atoms with Crippen LogP contribution in [0.2, 0.25) is 0 Å². The summed E-state index contributed by atoms with van der Waals surface area (Å²) in [7, 11) is 1.82. The van der Waals surface area contributed by atoms with Crippen molar-refractivity contribution in [1.82, 2.24) is 4.90 Å². The zero-order valence-corrected chi connectivity index (χ0v) is 18.1. The van der Waals surface area contributed by atoms with Crippen LogP contribution in [-0.2, 0) is 13.2 Å². The lowest BCUT2D eigenvalue weighted by Crippen LogP contribution is -2.26. The van der Waals surface area contributed by atoms with Gasteiger partial charge in [0.05, 0.1) is 6.61 Å². The zero-order valence-electron chi connectivity index (χ0n) is 18.1. The second kappa shape index (κ2) is 9.97. The number of rotatable bonds is 8. The minimum atomic E-state index is -0.0330. The highest BCUT2D eigenvalue weighted by Gasteiger charge is 2.15. The van der Waals surface area contributed by atoms with E-state index in [9.17, 15) is 4.79 Å². The summed E-state index contributed by atoms with van der Waals surface area (Å²) in [6.45, 7) is 7.53. The van der Waals surface area contributed by atoms with Gasteiger partial charge < -0.3 is 14.4 Å². The fraction of sp³-hybridized carbons (Fsp3) is 0.269. The fourth-order valence-corrected chi connectivity index (χ4v) is 3.24. The monoisotopic (exact) mass is 403 g/mol. The van der Waals surface area contributed by atoms with Crippen LogP contribution in [0.25, 0.3) is 0 Å². The average Bonchev–Trinajstić information content (AvgIpc) is 2.75. The van der Waals surface area contributed by atoms with Crippen molar-refractivity contribution in [2.45, 2.75) is 33.9 Å². The molecule has 0 fully saturated rings. The molecule has 3 aromatic rings. The predicted octanol–water partition coefficient (Wildman–Crippen LogP) is 5.55. The summed E-state index contributed by atoms with van der Waals surface area (Å²) in [4.78, 5) is 14.7. The normalized spacial score (nSPS) is 10.5. The molecule has 0 aliphatic rings. The van der Waals surface area contributed by atoms with Gasteiger partial charge in [-0.05, 0) is 67.8 Å². The molecule has 0 bridgehead atoms. The van der Waals surface area contributed by atoms with E-state index in [1.165, 1.54) is 11.1 Å². The maximum atomic E-state index is 13.0. The first-order chi connectivity index (χ1) is 14.5. The van der Waals surface area contributed by atoms with Gasteiger partial charge in [-0.3, -0.25) is 4.79 Å². The van der Waals surface area contributed by atoms with Gasteiger partial charge in [0.2, 0.25) is 0 Å². The Labute approximate surface area is 179 Å². The minimum Gasteiger partial charge on any atom is -0.493 e.